The molecule has 1 aliphatic heterocycles. The molecule has 1 N–H and O–H groups in total. The van der Waals surface area contributed by atoms with Gasteiger partial charge in [-0.2, -0.15) is 5.26 Å². The number of likely N-dealkylation sites (tertiary alicyclic amines) is 1. The summed E-state index contributed by atoms with van der Waals surface area (Å²) in [6, 6.07) is 4.91. The van der Waals surface area contributed by atoms with Crippen LogP contribution in [0.15, 0.2) is 24.5 Å². The summed E-state index contributed by atoms with van der Waals surface area (Å²) in [6.07, 6.45) is 3.57. The maximum absolute atomic E-state index is 13.8. The summed E-state index contributed by atoms with van der Waals surface area (Å²) in [5, 5.41) is 11.9. The number of amides is 2. The molecule has 24 heavy (non-hydrogen) atoms. The largest absolute Gasteiger partial charge is 0.343 e. The summed E-state index contributed by atoms with van der Waals surface area (Å²) in [5.74, 6) is -4.45. The minimum absolute atomic E-state index is 0.212. The second kappa shape index (κ2) is 5.82. The highest BCUT2D eigenvalue weighted by Crippen LogP contribution is 2.52. The number of aromatic nitrogens is 1. The molecule has 1 aromatic rings. The Kier molecular flexibility index (Phi) is 3.95. The van der Waals surface area contributed by atoms with E-state index in [1.165, 1.54) is 24.5 Å². The van der Waals surface area contributed by atoms with Crippen LogP contribution in [0.2, 0.25) is 0 Å². The maximum atomic E-state index is 13.8. The molecule has 3 rings (SSSR count). The van der Waals surface area contributed by atoms with Crippen LogP contribution in [-0.4, -0.2) is 46.2 Å². The molecule has 2 fully saturated rings. The second-order valence-electron chi connectivity index (χ2n) is 6.24. The van der Waals surface area contributed by atoms with Crippen LogP contribution in [0.3, 0.4) is 0 Å². The van der Waals surface area contributed by atoms with Gasteiger partial charge >= 0.3 is 0 Å². The standard InChI is InChI=1S/C16H16F2N4O2/c17-16(18)8-15(9-19,12-1-2-12)22(10-16)13(23)7-21-14(24)11-3-5-20-6-4-11/h3-6,12H,1-2,7-8,10H2,(H,21,24). The zero-order valence-corrected chi connectivity index (χ0v) is 12.8. The van der Waals surface area contributed by atoms with Crippen molar-refractivity contribution in [2.45, 2.75) is 30.7 Å². The number of hydrogen-bond acceptors (Lipinski definition) is 4. The highest BCUT2D eigenvalue weighted by atomic mass is 19.3. The molecule has 0 spiro atoms. The van der Waals surface area contributed by atoms with E-state index in [1.54, 1.807) is 0 Å². The fourth-order valence-electron chi connectivity index (χ4n) is 3.20. The van der Waals surface area contributed by atoms with E-state index >= 15 is 0 Å². The third-order valence-corrected chi connectivity index (χ3v) is 4.49. The van der Waals surface area contributed by atoms with Crippen molar-refractivity contribution in [2.75, 3.05) is 13.1 Å². The molecule has 8 heteroatoms. The molecule has 1 saturated carbocycles. The number of nitriles is 1. The quantitative estimate of drug-likeness (QED) is 0.900. The van der Waals surface area contributed by atoms with Crippen molar-refractivity contribution < 1.29 is 18.4 Å². The zero-order chi connectivity index (χ0) is 17.4. The smallest absolute Gasteiger partial charge is 0.268 e. The van der Waals surface area contributed by atoms with Gasteiger partial charge in [0.1, 0.15) is 5.54 Å². The Morgan fingerprint density at radius 3 is 2.62 bits per heavy atom. The number of nitrogens with one attached hydrogen (secondary N) is 1. The van der Waals surface area contributed by atoms with E-state index in [2.05, 4.69) is 10.3 Å². The number of hydrogen-bond donors (Lipinski definition) is 1. The van der Waals surface area contributed by atoms with Crippen molar-refractivity contribution in [3.63, 3.8) is 0 Å². The number of nitrogens with zero attached hydrogens (tertiary/aromatic N) is 3. The molecule has 0 radical (unpaired) electrons. The van der Waals surface area contributed by atoms with Gasteiger partial charge in [0.25, 0.3) is 11.8 Å². The minimum atomic E-state index is -3.08. The highest BCUT2D eigenvalue weighted by molar-refractivity contribution is 5.96. The van der Waals surface area contributed by atoms with E-state index in [4.69, 9.17) is 0 Å². The summed E-state index contributed by atoms with van der Waals surface area (Å²) in [7, 11) is 0. The first kappa shape index (κ1) is 16.3. The third-order valence-electron chi connectivity index (χ3n) is 4.49. The predicted molar refractivity (Wildman–Crippen MR) is 78.9 cm³/mol. The average Bonchev–Trinajstić information content (AvgIpc) is 3.38. The maximum Gasteiger partial charge on any atom is 0.268 e. The lowest BCUT2D eigenvalue weighted by molar-refractivity contribution is -0.134. The Morgan fingerprint density at radius 2 is 2.04 bits per heavy atom. The number of pyridine rings is 1. The van der Waals surface area contributed by atoms with E-state index < -0.39 is 42.8 Å². The van der Waals surface area contributed by atoms with E-state index in [9.17, 15) is 23.6 Å². The molecule has 1 aromatic heterocycles. The molecule has 126 valence electrons. The van der Waals surface area contributed by atoms with Gasteiger partial charge in [-0.3, -0.25) is 14.6 Å². The van der Waals surface area contributed by atoms with Crippen LogP contribution < -0.4 is 5.32 Å². The third kappa shape index (κ3) is 2.94. The van der Waals surface area contributed by atoms with Gasteiger partial charge in [0.2, 0.25) is 5.91 Å². The van der Waals surface area contributed by atoms with Crippen LogP contribution in [0, 0.1) is 17.2 Å². The molecule has 2 aliphatic rings. The zero-order valence-electron chi connectivity index (χ0n) is 12.8. The van der Waals surface area contributed by atoms with Gasteiger partial charge in [0.15, 0.2) is 0 Å². The molecular weight excluding hydrogens is 318 g/mol. The van der Waals surface area contributed by atoms with Gasteiger partial charge < -0.3 is 10.2 Å². The summed E-state index contributed by atoms with van der Waals surface area (Å²) < 4.78 is 27.7. The molecule has 1 saturated heterocycles. The molecular formula is C16H16F2N4O2. The minimum Gasteiger partial charge on any atom is -0.343 e. The first-order chi connectivity index (χ1) is 11.4. The fraction of sp³-hybridized carbons (Fsp3) is 0.500. The van der Waals surface area contributed by atoms with Gasteiger partial charge in [-0.1, -0.05) is 0 Å². The lowest BCUT2D eigenvalue weighted by atomic mass is 9.91. The molecule has 6 nitrogen and oxygen atoms in total. The van der Waals surface area contributed by atoms with Crippen LogP contribution >= 0.6 is 0 Å². The lowest BCUT2D eigenvalue weighted by Crippen LogP contribution is -2.51. The van der Waals surface area contributed by atoms with Crippen molar-refractivity contribution in [1.82, 2.24) is 15.2 Å². The SMILES string of the molecule is N#CC1(C2CC2)CC(F)(F)CN1C(=O)CNC(=O)c1ccncc1. The monoisotopic (exact) mass is 334 g/mol. The van der Waals surface area contributed by atoms with Crippen LogP contribution in [0.4, 0.5) is 8.78 Å². The number of halogens is 2. The van der Waals surface area contributed by atoms with Crippen molar-refractivity contribution in [3.05, 3.63) is 30.1 Å². The van der Waals surface area contributed by atoms with Gasteiger partial charge in [-0.15, -0.1) is 0 Å². The van der Waals surface area contributed by atoms with Crippen molar-refractivity contribution in [3.8, 4) is 6.07 Å². The first-order valence-electron chi connectivity index (χ1n) is 7.66. The van der Waals surface area contributed by atoms with Gasteiger partial charge in [-0.25, -0.2) is 8.78 Å². The van der Waals surface area contributed by atoms with E-state index in [-0.39, 0.29) is 5.92 Å². The Balaban J connectivity index is 1.70. The fourth-order valence-corrected chi connectivity index (χ4v) is 3.20. The summed E-state index contributed by atoms with van der Waals surface area (Å²) in [5.41, 5.74) is -1.14. The number of alkyl halides is 2. The Hall–Kier alpha value is -2.56. The molecule has 1 unspecified atom stereocenters. The van der Waals surface area contributed by atoms with Crippen LogP contribution in [-0.2, 0) is 4.79 Å². The number of carbonyl (C=O) groups is 2. The number of rotatable bonds is 4. The normalized spacial score (nSPS) is 25.1. The first-order valence-corrected chi connectivity index (χ1v) is 7.66. The Bertz CT molecular complexity index is 700. The summed E-state index contributed by atoms with van der Waals surface area (Å²) in [6.45, 7) is -1.20. The summed E-state index contributed by atoms with van der Waals surface area (Å²) in [4.78, 5) is 29.1. The van der Waals surface area contributed by atoms with Crippen molar-refractivity contribution >= 4 is 11.8 Å². The van der Waals surface area contributed by atoms with Crippen LogP contribution in [0.5, 0.6) is 0 Å². The molecule has 0 aromatic carbocycles. The molecule has 1 atom stereocenters. The average molecular weight is 334 g/mol. The number of carbonyl (C=O) groups excluding carboxylic acids is 2. The van der Waals surface area contributed by atoms with Gasteiger partial charge in [0.05, 0.1) is 25.6 Å². The molecule has 2 heterocycles. The van der Waals surface area contributed by atoms with Crippen molar-refractivity contribution in [1.29, 1.82) is 5.26 Å². The summed E-state index contributed by atoms with van der Waals surface area (Å²) >= 11 is 0. The van der Waals surface area contributed by atoms with E-state index in [1.807, 2.05) is 6.07 Å². The molecule has 0 bridgehead atoms. The highest BCUT2D eigenvalue weighted by Gasteiger charge is 2.62. The molecule has 1 aliphatic carbocycles. The van der Waals surface area contributed by atoms with Crippen molar-refractivity contribution in [2.24, 2.45) is 5.92 Å². The van der Waals surface area contributed by atoms with Crippen LogP contribution in [0.1, 0.15) is 29.6 Å². The van der Waals surface area contributed by atoms with Gasteiger partial charge in [0, 0.05) is 18.0 Å². The Labute approximate surface area is 137 Å². The van der Waals surface area contributed by atoms with E-state index in [0.29, 0.717) is 18.4 Å². The predicted octanol–water partition coefficient (Wildman–Crippen LogP) is 1.35. The lowest BCUT2D eigenvalue weighted by Gasteiger charge is -2.31. The van der Waals surface area contributed by atoms with E-state index in [0.717, 1.165) is 4.90 Å². The van der Waals surface area contributed by atoms with Crippen LogP contribution in [0.25, 0.3) is 0 Å². The van der Waals surface area contributed by atoms with Gasteiger partial charge in [-0.05, 0) is 30.9 Å². The topological polar surface area (TPSA) is 86.1 Å². The second-order valence-corrected chi connectivity index (χ2v) is 6.24. The Morgan fingerprint density at radius 1 is 1.38 bits per heavy atom. The molecule has 2 amide bonds.